The zero-order valence-electron chi connectivity index (χ0n) is 10.3. The Kier molecular flexibility index (Phi) is 4.72. The summed E-state index contributed by atoms with van der Waals surface area (Å²) in [4.78, 5) is 2.47. The van der Waals surface area contributed by atoms with E-state index in [-0.39, 0.29) is 0 Å². The van der Waals surface area contributed by atoms with Crippen LogP contribution in [-0.2, 0) is 6.54 Å². The summed E-state index contributed by atoms with van der Waals surface area (Å²) >= 11 is 12.2. The fourth-order valence-corrected chi connectivity index (χ4v) is 2.76. The summed E-state index contributed by atoms with van der Waals surface area (Å²) in [6, 6.07) is 7.01. The SMILES string of the molecule is Cc1ccc(CN(CCCl)C2CCC2)c(Cl)c1. The van der Waals surface area contributed by atoms with Gasteiger partial charge in [0.05, 0.1) is 0 Å². The van der Waals surface area contributed by atoms with Gasteiger partial charge in [-0.05, 0) is 37.0 Å². The first-order valence-electron chi connectivity index (χ1n) is 6.25. The Balaban J connectivity index is 2.05. The Bertz CT molecular complexity index is 374. The second-order valence-electron chi connectivity index (χ2n) is 4.84. The van der Waals surface area contributed by atoms with Gasteiger partial charge in [0.15, 0.2) is 0 Å². The van der Waals surface area contributed by atoms with Crippen LogP contribution in [0.3, 0.4) is 0 Å². The molecule has 0 radical (unpaired) electrons. The van der Waals surface area contributed by atoms with Crippen LogP contribution in [0, 0.1) is 6.92 Å². The highest BCUT2D eigenvalue weighted by Crippen LogP contribution is 2.28. The number of nitrogens with zero attached hydrogens (tertiary/aromatic N) is 1. The number of benzene rings is 1. The summed E-state index contributed by atoms with van der Waals surface area (Å²) in [5.41, 5.74) is 2.43. The maximum atomic E-state index is 6.28. The third-order valence-corrected chi connectivity index (χ3v) is 4.07. The summed E-state index contributed by atoms with van der Waals surface area (Å²) < 4.78 is 0. The van der Waals surface area contributed by atoms with Crippen LogP contribution < -0.4 is 0 Å². The van der Waals surface area contributed by atoms with E-state index in [1.165, 1.54) is 30.4 Å². The van der Waals surface area contributed by atoms with Crippen LogP contribution in [-0.4, -0.2) is 23.4 Å². The average molecular weight is 272 g/mol. The van der Waals surface area contributed by atoms with Gasteiger partial charge < -0.3 is 0 Å². The number of aryl methyl sites for hydroxylation is 1. The molecule has 0 saturated heterocycles. The van der Waals surface area contributed by atoms with Gasteiger partial charge in [0, 0.05) is 30.0 Å². The standard InChI is InChI=1S/C14H19Cl2N/c1-11-5-6-12(14(16)9-11)10-17(8-7-15)13-3-2-4-13/h5-6,9,13H,2-4,7-8,10H2,1H3. The quantitative estimate of drug-likeness (QED) is 0.724. The Morgan fingerprint density at radius 1 is 1.35 bits per heavy atom. The number of hydrogen-bond acceptors (Lipinski definition) is 1. The highest BCUT2D eigenvalue weighted by molar-refractivity contribution is 6.31. The molecule has 0 unspecified atom stereocenters. The maximum Gasteiger partial charge on any atom is 0.0453 e. The molecule has 3 heteroatoms. The van der Waals surface area contributed by atoms with Gasteiger partial charge in [-0.1, -0.05) is 30.2 Å². The van der Waals surface area contributed by atoms with E-state index in [2.05, 4.69) is 24.0 Å². The molecule has 2 rings (SSSR count). The molecule has 0 spiro atoms. The molecular formula is C14H19Cl2N. The first kappa shape index (κ1) is 13.2. The van der Waals surface area contributed by atoms with Crippen molar-refractivity contribution >= 4 is 23.2 Å². The number of rotatable bonds is 5. The first-order chi connectivity index (χ1) is 8.20. The van der Waals surface area contributed by atoms with Crippen molar-refractivity contribution in [1.29, 1.82) is 0 Å². The first-order valence-corrected chi connectivity index (χ1v) is 7.17. The number of alkyl halides is 1. The highest BCUT2D eigenvalue weighted by Gasteiger charge is 2.24. The molecule has 0 bridgehead atoms. The van der Waals surface area contributed by atoms with Gasteiger partial charge in [-0.3, -0.25) is 4.90 Å². The van der Waals surface area contributed by atoms with Crippen molar-refractivity contribution in [2.45, 2.75) is 38.8 Å². The van der Waals surface area contributed by atoms with Gasteiger partial charge in [-0.15, -0.1) is 11.6 Å². The van der Waals surface area contributed by atoms with Crippen molar-refractivity contribution in [3.8, 4) is 0 Å². The fourth-order valence-electron chi connectivity index (χ4n) is 2.25. The highest BCUT2D eigenvalue weighted by atomic mass is 35.5. The van der Waals surface area contributed by atoms with E-state index >= 15 is 0 Å². The van der Waals surface area contributed by atoms with Gasteiger partial charge in [-0.25, -0.2) is 0 Å². The van der Waals surface area contributed by atoms with E-state index in [0.29, 0.717) is 11.9 Å². The Morgan fingerprint density at radius 3 is 2.65 bits per heavy atom. The van der Waals surface area contributed by atoms with E-state index in [4.69, 9.17) is 23.2 Å². The monoisotopic (exact) mass is 271 g/mol. The van der Waals surface area contributed by atoms with Crippen LogP contribution >= 0.6 is 23.2 Å². The summed E-state index contributed by atoms with van der Waals surface area (Å²) in [6.07, 6.45) is 3.96. The molecule has 1 nitrogen and oxygen atoms in total. The largest absolute Gasteiger partial charge is 0.295 e. The molecule has 0 heterocycles. The molecule has 0 aromatic heterocycles. The predicted octanol–water partition coefficient (Wildman–Crippen LogP) is 4.24. The van der Waals surface area contributed by atoms with Gasteiger partial charge >= 0.3 is 0 Å². The lowest BCUT2D eigenvalue weighted by Crippen LogP contribution is -2.40. The number of hydrogen-bond donors (Lipinski definition) is 0. The molecule has 94 valence electrons. The molecule has 0 atom stereocenters. The Labute approximate surface area is 114 Å². The summed E-state index contributed by atoms with van der Waals surface area (Å²) in [5, 5.41) is 0.879. The molecule has 17 heavy (non-hydrogen) atoms. The van der Waals surface area contributed by atoms with Crippen LogP contribution in [0.5, 0.6) is 0 Å². The molecule has 1 aromatic carbocycles. The molecule has 0 N–H and O–H groups in total. The van der Waals surface area contributed by atoms with Gasteiger partial charge in [0.2, 0.25) is 0 Å². The van der Waals surface area contributed by atoms with E-state index in [9.17, 15) is 0 Å². The third kappa shape index (κ3) is 3.37. The van der Waals surface area contributed by atoms with Crippen LogP contribution in [0.2, 0.25) is 5.02 Å². The molecule has 1 saturated carbocycles. The molecule has 1 fully saturated rings. The van der Waals surface area contributed by atoms with Crippen molar-refractivity contribution in [3.05, 3.63) is 34.3 Å². The smallest absolute Gasteiger partial charge is 0.0453 e. The fraction of sp³-hybridized carbons (Fsp3) is 0.571. The second-order valence-corrected chi connectivity index (χ2v) is 5.62. The topological polar surface area (TPSA) is 3.24 Å². The lowest BCUT2D eigenvalue weighted by atomic mass is 9.91. The van der Waals surface area contributed by atoms with Crippen molar-refractivity contribution in [1.82, 2.24) is 4.90 Å². The molecule has 1 aliphatic carbocycles. The summed E-state index contributed by atoms with van der Waals surface area (Å²) in [7, 11) is 0. The number of halogens is 2. The van der Waals surface area contributed by atoms with Crippen molar-refractivity contribution in [2.75, 3.05) is 12.4 Å². The van der Waals surface area contributed by atoms with Crippen molar-refractivity contribution in [2.24, 2.45) is 0 Å². The molecule has 0 aliphatic heterocycles. The van der Waals surface area contributed by atoms with Crippen LogP contribution in [0.4, 0.5) is 0 Å². The van der Waals surface area contributed by atoms with Gasteiger partial charge in [0.1, 0.15) is 0 Å². The normalized spacial score (nSPS) is 16.2. The molecule has 0 amide bonds. The minimum Gasteiger partial charge on any atom is -0.295 e. The zero-order chi connectivity index (χ0) is 12.3. The Hall–Kier alpha value is -0.240. The van der Waals surface area contributed by atoms with Crippen LogP contribution in [0.15, 0.2) is 18.2 Å². The molecule has 1 aromatic rings. The second kappa shape index (κ2) is 6.08. The summed E-state index contributed by atoms with van der Waals surface area (Å²) in [6.45, 7) is 3.95. The molecular weight excluding hydrogens is 253 g/mol. The van der Waals surface area contributed by atoms with Gasteiger partial charge in [0.25, 0.3) is 0 Å². The molecule has 1 aliphatic rings. The van der Waals surface area contributed by atoms with E-state index < -0.39 is 0 Å². The zero-order valence-corrected chi connectivity index (χ0v) is 11.8. The predicted molar refractivity (Wildman–Crippen MR) is 75.0 cm³/mol. The lowest BCUT2D eigenvalue weighted by molar-refractivity contribution is 0.127. The van der Waals surface area contributed by atoms with Gasteiger partial charge in [-0.2, -0.15) is 0 Å². The summed E-state index contributed by atoms with van der Waals surface area (Å²) in [5.74, 6) is 0.694. The Morgan fingerprint density at radius 2 is 2.12 bits per heavy atom. The third-order valence-electron chi connectivity index (χ3n) is 3.54. The average Bonchev–Trinajstić information content (AvgIpc) is 2.20. The van der Waals surface area contributed by atoms with Crippen LogP contribution in [0.25, 0.3) is 0 Å². The van der Waals surface area contributed by atoms with Crippen molar-refractivity contribution < 1.29 is 0 Å². The minimum absolute atomic E-state index is 0.694. The maximum absolute atomic E-state index is 6.28. The van der Waals surface area contributed by atoms with E-state index in [0.717, 1.165) is 18.1 Å². The lowest BCUT2D eigenvalue weighted by Gasteiger charge is -2.37. The van der Waals surface area contributed by atoms with Crippen LogP contribution in [0.1, 0.15) is 30.4 Å². The van der Waals surface area contributed by atoms with E-state index in [1.54, 1.807) is 0 Å². The minimum atomic E-state index is 0.694. The van der Waals surface area contributed by atoms with E-state index in [1.807, 2.05) is 6.07 Å². The van der Waals surface area contributed by atoms with Crippen molar-refractivity contribution in [3.63, 3.8) is 0 Å².